The van der Waals surface area contributed by atoms with E-state index in [1.807, 2.05) is 56.0 Å². The molecule has 0 bridgehead atoms. The predicted molar refractivity (Wildman–Crippen MR) is 113 cm³/mol. The molecular formula is C22H26ClN3O3. The number of carbonyl (C=O) groups excluding carboxylic acids is 2. The van der Waals surface area contributed by atoms with Gasteiger partial charge < -0.3 is 9.64 Å². The average Bonchev–Trinajstić information content (AvgIpc) is 2.99. The van der Waals surface area contributed by atoms with Gasteiger partial charge in [-0.05, 0) is 58.2 Å². The summed E-state index contributed by atoms with van der Waals surface area (Å²) in [6, 6.07) is 9.85. The molecule has 0 aliphatic carbocycles. The normalized spacial score (nSPS) is 19.5. The van der Waals surface area contributed by atoms with Crippen molar-refractivity contribution in [2.75, 3.05) is 6.61 Å². The van der Waals surface area contributed by atoms with E-state index in [4.69, 9.17) is 16.3 Å². The number of halogens is 1. The number of nitrogens with zero attached hydrogens (tertiary/aromatic N) is 3. The number of hydrogen-bond acceptors (Lipinski definition) is 4. The Morgan fingerprint density at radius 2 is 1.86 bits per heavy atom. The fourth-order valence-corrected chi connectivity index (χ4v) is 4.10. The molecule has 1 aromatic carbocycles. The Morgan fingerprint density at radius 1 is 1.21 bits per heavy atom. The van der Waals surface area contributed by atoms with E-state index >= 15 is 0 Å². The highest BCUT2D eigenvalue weighted by atomic mass is 35.5. The molecule has 0 radical (unpaired) electrons. The second-order valence-electron chi connectivity index (χ2n) is 7.41. The fourth-order valence-electron chi connectivity index (χ4n) is 3.76. The van der Waals surface area contributed by atoms with Gasteiger partial charge in [-0.1, -0.05) is 29.8 Å². The Bertz CT molecular complexity index is 898. The molecule has 0 spiro atoms. The molecule has 2 heterocycles. The molecule has 1 saturated heterocycles. The van der Waals surface area contributed by atoms with Crippen molar-refractivity contribution in [1.82, 2.24) is 14.7 Å². The van der Waals surface area contributed by atoms with Crippen LogP contribution in [0.2, 0.25) is 5.15 Å². The molecule has 2 aromatic rings. The maximum Gasteiger partial charge on any atom is 0.331 e. The first-order chi connectivity index (χ1) is 13.9. The van der Waals surface area contributed by atoms with Gasteiger partial charge in [-0.3, -0.25) is 4.79 Å². The van der Waals surface area contributed by atoms with Gasteiger partial charge in [0.15, 0.2) is 6.61 Å². The summed E-state index contributed by atoms with van der Waals surface area (Å²) in [5, 5.41) is 4.84. The maximum atomic E-state index is 12.5. The number of aryl methyl sites for hydroxylation is 1. The lowest BCUT2D eigenvalue weighted by Gasteiger charge is -2.38. The number of benzene rings is 1. The smallest absolute Gasteiger partial charge is 0.331 e. The molecule has 7 heteroatoms. The number of ether oxygens (including phenoxy) is 1. The number of amides is 1. The van der Waals surface area contributed by atoms with Crippen molar-refractivity contribution in [3.8, 4) is 5.69 Å². The third kappa shape index (κ3) is 4.88. The van der Waals surface area contributed by atoms with Gasteiger partial charge in [0.25, 0.3) is 5.91 Å². The Morgan fingerprint density at radius 3 is 2.52 bits per heavy atom. The summed E-state index contributed by atoms with van der Waals surface area (Å²) in [5.41, 5.74) is 2.16. The van der Waals surface area contributed by atoms with Crippen molar-refractivity contribution in [3.05, 3.63) is 52.8 Å². The van der Waals surface area contributed by atoms with Crippen LogP contribution in [0.1, 0.15) is 44.4 Å². The Labute approximate surface area is 176 Å². The van der Waals surface area contributed by atoms with E-state index in [-0.39, 0.29) is 24.6 Å². The van der Waals surface area contributed by atoms with Crippen LogP contribution in [-0.4, -0.2) is 45.2 Å². The maximum absolute atomic E-state index is 12.5. The van der Waals surface area contributed by atoms with Gasteiger partial charge in [0.05, 0.1) is 11.4 Å². The molecule has 3 rings (SSSR count). The lowest BCUT2D eigenvalue weighted by Crippen LogP contribution is -2.49. The van der Waals surface area contributed by atoms with Crippen LogP contribution in [-0.2, 0) is 14.3 Å². The third-order valence-electron chi connectivity index (χ3n) is 5.25. The predicted octanol–water partition coefficient (Wildman–Crippen LogP) is 4.18. The molecule has 0 unspecified atom stereocenters. The molecule has 1 amide bonds. The summed E-state index contributed by atoms with van der Waals surface area (Å²) < 4.78 is 6.78. The first-order valence-corrected chi connectivity index (χ1v) is 10.2. The number of carbonyl (C=O) groups is 2. The monoisotopic (exact) mass is 415 g/mol. The number of piperidine rings is 1. The lowest BCUT2D eigenvalue weighted by molar-refractivity contribution is -0.151. The minimum atomic E-state index is -0.585. The van der Waals surface area contributed by atoms with Gasteiger partial charge in [-0.15, -0.1) is 0 Å². The van der Waals surface area contributed by atoms with E-state index in [2.05, 4.69) is 5.10 Å². The number of likely N-dealkylation sites (tertiary alicyclic amines) is 1. The van der Waals surface area contributed by atoms with E-state index in [0.717, 1.165) is 24.9 Å². The van der Waals surface area contributed by atoms with E-state index in [1.165, 1.54) is 6.08 Å². The minimum absolute atomic E-state index is 0.155. The Kier molecular flexibility index (Phi) is 6.75. The van der Waals surface area contributed by atoms with Crippen LogP contribution in [0.5, 0.6) is 0 Å². The first kappa shape index (κ1) is 21.1. The summed E-state index contributed by atoms with van der Waals surface area (Å²) in [5.74, 6) is -0.740. The highest BCUT2D eigenvalue weighted by Crippen LogP contribution is 2.25. The summed E-state index contributed by atoms with van der Waals surface area (Å²) in [7, 11) is 0. The van der Waals surface area contributed by atoms with Crippen molar-refractivity contribution < 1.29 is 14.3 Å². The van der Waals surface area contributed by atoms with Crippen molar-refractivity contribution in [2.45, 2.75) is 52.1 Å². The summed E-state index contributed by atoms with van der Waals surface area (Å²) in [4.78, 5) is 26.4. The minimum Gasteiger partial charge on any atom is -0.452 e. The quantitative estimate of drug-likeness (QED) is 0.542. The van der Waals surface area contributed by atoms with Gasteiger partial charge in [0.1, 0.15) is 5.15 Å². The molecule has 0 saturated carbocycles. The van der Waals surface area contributed by atoms with Gasteiger partial charge >= 0.3 is 5.97 Å². The largest absolute Gasteiger partial charge is 0.452 e. The molecule has 1 aliphatic heterocycles. The van der Waals surface area contributed by atoms with Crippen molar-refractivity contribution in [1.29, 1.82) is 0 Å². The molecule has 1 aromatic heterocycles. The van der Waals surface area contributed by atoms with Gasteiger partial charge in [0.2, 0.25) is 0 Å². The van der Waals surface area contributed by atoms with Crippen molar-refractivity contribution >= 4 is 29.6 Å². The first-order valence-electron chi connectivity index (χ1n) is 9.85. The molecule has 154 valence electrons. The Hall–Kier alpha value is -2.60. The second kappa shape index (κ2) is 9.27. The van der Waals surface area contributed by atoms with Crippen molar-refractivity contribution in [2.24, 2.45) is 0 Å². The van der Waals surface area contributed by atoms with E-state index in [0.29, 0.717) is 16.4 Å². The molecule has 6 nitrogen and oxygen atoms in total. The van der Waals surface area contributed by atoms with Crippen LogP contribution in [0, 0.1) is 6.92 Å². The number of hydrogen-bond donors (Lipinski definition) is 0. The summed E-state index contributed by atoms with van der Waals surface area (Å²) in [6.45, 7) is 5.63. The zero-order chi connectivity index (χ0) is 21.0. The zero-order valence-corrected chi connectivity index (χ0v) is 17.7. The number of rotatable bonds is 5. The molecule has 1 aliphatic rings. The van der Waals surface area contributed by atoms with Crippen molar-refractivity contribution in [3.63, 3.8) is 0 Å². The number of esters is 1. The van der Waals surface area contributed by atoms with Crippen LogP contribution in [0.25, 0.3) is 11.8 Å². The van der Waals surface area contributed by atoms with Crippen LogP contribution >= 0.6 is 11.6 Å². The number of aromatic nitrogens is 2. The topological polar surface area (TPSA) is 64.4 Å². The van der Waals surface area contributed by atoms with Gasteiger partial charge in [-0.2, -0.15) is 5.10 Å². The highest BCUT2D eigenvalue weighted by Gasteiger charge is 2.29. The van der Waals surface area contributed by atoms with E-state index < -0.39 is 5.97 Å². The summed E-state index contributed by atoms with van der Waals surface area (Å²) >= 11 is 6.45. The van der Waals surface area contributed by atoms with E-state index in [9.17, 15) is 9.59 Å². The van der Waals surface area contributed by atoms with Crippen LogP contribution in [0.15, 0.2) is 36.4 Å². The molecular weight excluding hydrogens is 390 g/mol. The van der Waals surface area contributed by atoms with Crippen LogP contribution in [0.4, 0.5) is 0 Å². The fraction of sp³-hybridized carbons (Fsp3) is 0.409. The Balaban J connectivity index is 1.62. The standard InChI is InChI=1S/C22H26ClN3O3/c1-15-8-7-9-16(2)25(15)20(27)14-29-21(28)13-12-19-17(3)24-26(22(19)23)18-10-5-4-6-11-18/h4-6,10-13,15-16H,7-9,14H2,1-3H3/b13-12+/t15-,16+. The highest BCUT2D eigenvalue weighted by molar-refractivity contribution is 6.31. The summed E-state index contributed by atoms with van der Waals surface area (Å²) in [6.07, 6.45) is 5.93. The van der Waals surface area contributed by atoms with E-state index in [1.54, 1.807) is 10.8 Å². The average molecular weight is 416 g/mol. The third-order valence-corrected chi connectivity index (χ3v) is 5.62. The van der Waals surface area contributed by atoms with Crippen LogP contribution < -0.4 is 0 Å². The van der Waals surface area contributed by atoms with Gasteiger partial charge in [-0.25, -0.2) is 9.48 Å². The number of para-hydroxylation sites is 1. The molecule has 1 fully saturated rings. The van der Waals surface area contributed by atoms with Crippen LogP contribution in [0.3, 0.4) is 0 Å². The SMILES string of the molecule is Cc1nn(-c2ccccc2)c(Cl)c1/C=C/C(=O)OCC(=O)N1[C@H](C)CCC[C@@H]1C. The second-order valence-corrected chi connectivity index (χ2v) is 7.77. The molecule has 29 heavy (non-hydrogen) atoms. The lowest BCUT2D eigenvalue weighted by atomic mass is 9.97. The molecule has 0 N–H and O–H groups in total. The zero-order valence-electron chi connectivity index (χ0n) is 17.0. The molecule has 2 atom stereocenters. The van der Waals surface area contributed by atoms with Gasteiger partial charge in [0, 0.05) is 23.7 Å².